The minimum Gasteiger partial charge on any atom is -0.368 e. The highest BCUT2D eigenvalue weighted by molar-refractivity contribution is 7.93. The SMILES string of the molecule is O=C(COCC=CCN1c2cccc3cccc(c23)S1(=O)=O)NO. The first-order valence-corrected chi connectivity index (χ1v) is 8.70. The number of anilines is 1. The summed E-state index contributed by atoms with van der Waals surface area (Å²) in [5.41, 5.74) is 2.12. The summed E-state index contributed by atoms with van der Waals surface area (Å²) in [6, 6.07) is 10.7. The third kappa shape index (κ3) is 2.86. The molecular formula is C16H16N2O5S. The van der Waals surface area contributed by atoms with Gasteiger partial charge in [0.05, 0.1) is 23.7 Å². The van der Waals surface area contributed by atoms with E-state index in [0.29, 0.717) is 10.6 Å². The maximum atomic E-state index is 12.7. The standard InChI is InChI=1S/C16H16N2O5S/c19-15(17-20)11-23-10-2-1-9-18-13-7-3-5-12-6-4-8-14(16(12)13)24(18,21)22/h1-8,20H,9-11H2,(H,17,19). The van der Waals surface area contributed by atoms with E-state index in [1.54, 1.807) is 30.4 Å². The van der Waals surface area contributed by atoms with Crippen LogP contribution in [0.1, 0.15) is 0 Å². The highest BCUT2D eigenvalue weighted by Crippen LogP contribution is 2.41. The number of carbonyl (C=O) groups excluding carboxylic acids is 1. The first-order valence-electron chi connectivity index (χ1n) is 7.26. The molecule has 2 aromatic carbocycles. The molecule has 1 heterocycles. The smallest absolute Gasteiger partial charge is 0.269 e. The van der Waals surface area contributed by atoms with E-state index in [2.05, 4.69) is 0 Å². The Morgan fingerprint density at radius 3 is 2.71 bits per heavy atom. The zero-order chi connectivity index (χ0) is 17.2. The number of nitrogens with zero attached hydrogens (tertiary/aromatic N) is 1. The number of carbonyl (C=O) groups is 1. The Bertz CT molecular complexity index is 903. The van der Waals surface area contributed by atoms with Gasteiger partial charge >= 0.3 is 0 Å². The van der Waals surface area contributed by atoms with Crippen molar-refractivity contribution in [3.63, 3.8) is 0 Å². The summed E-state index contributed by atoms with van der Waals surface area (Å²) >= 11 is 0. The first-order chi connectivity index (χ1) is 11.6. The van der Waals surface area contributed by atoms with Crippen LogP contribution in [0.15, 0.2) is 53.4 Å². The Morgan fingerprint density at radius 2 is 1.96 bits per heavy atom. The Balaban J connectivity index is 1.74. The number of rotatable bonds is 6. The normalized spacial score (nSPS) is 15.3. The fourth-order valence-electron chi connectivity index (χ4n) is 2.65. The number of ether oxygens (including phenoxy) is 1. The van der Waals surface area contributed by atoms with Gasteiger partial charge in [-0.1, -0.05) is 36.4 Å². The van der Waals surface area contributed by atoms with Gasteiger partial charge in [-0.05, 0) is 17.5 Å². The molecule has 126 valence electrons. The third-order valence-corrected chi connectivity index (χ3v) is 5.51. The van der Waals surface area contributed by atoms with Crippen LogP contribution in [0, 0.1) is 0 Å². The monoisotopic (exact) mass is 348 g/mol. The van der Waals surface area contributed by atoms with Crippen LogP contribution in [-0.2, 0) is 19.6 Å². The van der Waals surface area contributed by atoms with Crippen LogP contribution in [0.2, 0.25) is 0 Å². The van der Waals surface area contributed by atoms with Gasteiger partial charge in [0.1, 0.15) is 6.61 Å². The molecule has 0 saturated carbocycles. The molecule has 3 rings (SSSR count). The Morgan fingerprint density at radius 1 is 1.21 bits per heavy atom. The molecule has 0 bridgehead atoms. The van der Waals surface area contributed by atoms with Gasteiger partial charge in [0.2, 0.25) is 0 Å². The van der Waals surface area contributed by atoms with E-state index < -0.39 is 15.9 Å². The maximum Gasteiger partial charge on any atom is 0.269 e. The topological polar surface area (TPSA) is 95.9 Å². The quantitative estimate of drug-likeness (QED) is 0.356. The summed E-state index contributed by atoms with van der Waals surface area (Å²) in [6.07, 6.45) is 3.29. The van der Waals surface area contributed by atoms with E-state index in [9.17, 15) is 13.2 Å². The molecule has 0 aromatic heterocycles. The number of sulfonamides is 1. The average Bonchev–Trinajstić information content (AvgIpc) is 2.80. The Hall–Kier alpha value is -2.42. The highest BCUT2D eigenvalue weighted by atomic mass is 32.2. The van der Waals surface area contributed by atoms with Crippen molar-refractivity contribution >= 4 is 32.4 Å². The fourth-order valence-corrected chi connectivity index (χ4v) is 4.31. The second-order valence-electron chi connectivity index (χ2n) is 5.19. The summed E-state index contributed by atoms with van der Waals surface area (Å²) in [6.45, 7) is 0.0394. The van der Waals surface area contributed by atoms with Crippen molar-refractivity contribution in [2.45, 2.75) is 4.90 Å². The number of hydrogen-bond donors (Lipinski definition) is 2. The van der Waals surface area contributed by atoms with Crippen LogP contribution in [0.3, 0.4) is 0 Å². The van der Waals surface area contributed by atoms with Crippen molar-refractivity contribution in [2.75, 3.05) is 24.1 Å². The minimum atomic E-state index is -3.56. The highest BCUT2D eigenvalue weighted by Gasteiger charge is 2.34. The van der Waals surface area contributed by atoms with Crippen molar-refractivity contribution < 1.29 is 23.2 Å². The summed E-state index contributed by atoms with van der Waals surface area (Å²) in [7, 11) is -3.56. The van der Waals surface area contributed by atoms with Gasteiger partial charge in [0.25, 0.3) is 15.9 Å². The summed E-state index contributed by atoms with van der Waals surface area (Å²) in [4.78, 5) is 11.1. The Labute approximate surface area is 139 Å². The van der Waals surface area contributed by atoms with Gasteiger partial charge < -0.3 is 4.74 Å². The van der Waals surface area contributed by atoms with Crippen molar-refractivity contribution in [1.82, 2.24) is 5.48 Å². The molecule has 2 aromatic rings. The molecular weight excluding hydrogens is 332 g/mol. The lowest BCUT2D eigenvalue weighted by Crippen LogP contribution is -2.27. The van der Waals surface area contributed by atoms with E-state index in [4.69, 9.17) is 9.94 Å². The molecule has 0 radical (unpaired) electrons. The predicted octanol–water partition coefficient (Wildman–Crippen LogP) is 1.43. The molecule has 0 unspecified atom stereocenters. The second kappa shape index (κ2) is 6.60. The number of hydroxylamine groups is 1. The van der Waals surface area contributed by atoms with E-state index in [0.717, 1.165) is 10.8 Å². The largest absolute Gasteiger partial charge is 0.368 e. The van der Waals surface area contributed by atoms with Gasteiger partial charge in [0, 0.05) is 5.39 Å². The first kappa shape index (κ1) is 16.4. The van der Waals surface area contributed by atoms with Gasteiger partial charge in [-0.2, -0.15) is 0 Å². The van der Waals surface area contributed by atoms with E-state index >= 15 is 0 Å². The molecule has 1 aliphatic rings. The van der Waals surface area contributed by atoms with Crippen LogP contribution in [0.25, 0.3) is 10.8 Å². The van der Waals surface area contributed by atoms with Crippen LogP contribution < -0.4 is 9.79 Å². The summed E-state index contributed by atoms with van der Waals surface area (Å²) in [5, 5.41) is 9.95. The molecule has 1 aliphatic heterocycles. The fraction of sp³-hybridized carbons (Fsp3) is 0.188. The maximum absolute atomic E-state index is 12.7. The molecule has 0 spiro atoms. The Kier molecular flexibility index (Phi) is 4.52. The van der Waals surface area contributed by atoms with Gasteiger partial charge in [-0.25, -0.2) is 13.9 Å². The third-order valence-electron chi connectivity index (χ3n) is 3.69. The van der Waals surface area contributed by atoms with Crippen LogP contribution in [0.5, 0.6) is 0 Å². The average molecular weight is 348 g/mol. The van der Waals surface area contributed by atoms with Crippen molar-refractivity contribution in [3.05, 3.63) is 48.6 Å². The molecule has 0 atom stereocenters. The van der Waals surface area contributed by atoms with Crippen LogP contribution in [0.4, 0.5) is 5.69 Å². The molecule has 2 N–H and O–H groups in total. The zero-order valence-electron chi connectivity index (χ0n) is 12.7. The lowest BCUT2D eigenvalue weighted by Gasteiger charge is -2.16. The summed E-state index contributed by atoms with van der Waals surface area (Å²) in [5.74, 6) is -0.646. The minimum absolute atomic E-state index is 0.137. The number of hydrogen-bond acceptors (Lipinski definition) is 5. The van der Waals surface area contributed by atoms with Gasteiger partial charge in [-0.15, -0.1) is 0 Å². The number of benzene rings is 2. The molecule has 7 nitrogen and oxygen atoms in total. The van der Waals surface area contributed by atoms with E-state index in [1.807, 2.05) is 18.2 Å². The van der Waals surface area contributed by atoms with Crippen LogP contribution in [-0.4, -0.2) is 39.3 Å². The predicted molar refractivity (Wildman–Crippen MR) is 88.4 cm³/mol. The molecule has 8 heteroatoms. The van der Waals surface area contributed by atoms with E-state index in [-0.39, 0.29) is 19.8 Å². The molecule has 0 saturated heterocycles. The van der Waals surface area contributed by atoms with Crippen LogP contribution >= 0.6 is 0 Å². The number of amides is 1. The molecule has 0 fully saturated rings. The summed E-state index contributed by atoms with van der Waals surface area (Å²) < 4.78 is 31.7. The lowest BCUT2D eigenvalue weighted by atomic mass is 10.1. The second-order valence-corrected chi connectivity index (χ2v) is 7.02. The number of nitrogens with one attached hydrogen (secondary N) is 1. The van der Waals surface area contributed by atoms with Crippen molar-refractivity contribution in [2.24, 2.45) is 0 Å². The lowest BCUT2D eigenvalue weighted by molar-refractivity contribution is -0.133. The van der Waals surface area contributed by atoms with Gasteiger partial charge in [-0.3, -0.25) is 14.3 Å². The molecule has 0 aliphatic carbocycles. The molecule has 1 amide bonds. The van der Waals surface area contributed by atoms with E-state index in [1.165, 1.54) is 9.79 Å². The van der Waals surface area contributed by atoms with Gasteiger partial charge in [0.15, 0.2) is 0 Å². The molecule has 24 heavy (non-hydrogen) atoms. The van der Waals surface area contributed by atoms with Crippen molar-refractivity contribution in [1.29, 1.82) is 0 Å². The van der Waals surface area contributed by atoms with Crippen molar-refractivity contribution in [3.8, 4) is 0 Å². The zero-order valence-corrected chi connectivity index (χ0v) is 13.5.